The van der Waals surface area contributed by atoms with Crippen LogP contribution in [0.1, 0.15) is 36.6 Å². The molecule has 6 rings (SSSR count). The lowest BCUT2D eigenvalue weighted by Crippen LogP contribution is -2.65. The SMILES string of the molecule is CNC(C)C(=O)NC1C(=O)N(Cc2nn(-c3ccccc3C#N)c3ccccc23)c2ccc(C#N)cc2OC12CCOCC2. The van der Waals surface area contributed by atoms with Crippen LogP contribution in [0, 0.1) is 22.7 Å². The van der Waals surface area contributed by atoms with Gasteiger partial charge in [0.05, 0.1) is 65.6 Å². The van der Waals surface area contributed by atoms with E-state index in [4.69, 9.17) is 14.6 Å². The second-order valence-electron chi connectivity index (χ2n) is 11.0. The average molecular weight is 590 g/mol. The summed E-state index contributed by atoms with van der Waals surface area (Å²) in [5.41, 5.74) is 2.20. The Bertz CT molecular complexity index is 1830. The van der Waals surface area contributed by atoms with Gasteiger partial charge >= 0.3 is 0 Å². The maximum Gasteiger partial charge on any atom is 0.254 e. The molecule has 44 heavy (non-hydrogen) atoms. The van der Waals surface area contributed by atoms with Gasteiger partial charge in [0.25, 0.3) is 5.91 Å². The van der Waals surface area contributed by atoms with E-state index in [9.17, 15) is 20.1 Å². The highest BCUT2D eigenvalue weighted by atomic mass is 16.5. The number of fused-ring (bicyclic) bond motifs is 2. The van der Waals surface area contributed by atoms with E-state index in [1.165, 1.54) is 0 Å². The number of nitrogens with zero attached hydrogens (tertiary/aromatic N) is 5. The minimum atomic E-state index is -1.09. The van der Waals surface area contributed by atoms with Gasteiger partial charge in [-0.1, -0.05) is 30.3 Å². The minimum absolute atomic E-state index is 0.0455. The summed E-state index contributed by atoms with van der Waals surface area (Å²) in [6, 6.07) is 22.6. The van der Waals surface area contributed by atoms with Crippen molar-refractivity contribution in [3.8, 4) is 23.6 Å². The fourth-order valence-electron chi connectivity index (χ4n) is 5.86. The number of likely N-dealkylation sites (N-methyl/N-ethyl adjacent to an activating group) is 1. The Labute approximate surface area is 254 Å². The van der Waals surface area contributed by atoms with Crippen molar-refractivity contribution in [2.45, 2.75) is 44.0 Å². The van der Waals surface area contributed by atoms with Crippen molar-refractivity contribution in [1.82, 2.24) is 20.4 Å². The third kappa shape index (κ3) is 5.02. The predicted molar refractivity (Wildman–Crippen MR) is 162 cm³/mol. The van der Waals surface area contributed by atoms with Crippen molar-refractivity contribution in [1.29, 1.82) is 10.5 Å². The number of anilines is 1. The average Bonchev–Trinajstić information content (AvgIpc) is 3.40. The molecule has 2 atom stereocenters. The van der Waals surface area contributed by atoms with Crippen molar-refractivity contribution in [3.63, 3.8) is 0 Å². The fourth-order valence-corrected chi connectivity index (χ4v) is 5.86. The summed E-state index contributed by atoms with van der Waals surface area (Å²) >= 11 is 0. The summed E-state index contributed by atoms with van der Waals surface area (Å²) in [7, 11) is 1.68. The summed E-state index contributed by atoms with van der Waals surface area (Å²) in [4.78, 5) is 29.5. The second kappa shape index (κ2) is 11.8. The normalized spacial score (nSPS) is 18.0. The molecule has 0 radical (unpaired) electrons. The van der Waals surface area contributed by atoms with Gasteiger partial charge in [0.15, 0.2) is 0 Å². The van der Waals surface area contributed by atoms with Crippen LogP contribution in [-0.4, -0.2) is 59.5 Å². The van der Waals surface area contributed by atoms with Gasteiger partial charge in [-0.15, -0.1) is 0 Å². The standard InChI is InChI=1S/C33H31N7O4/c1-21(36-2)31(41)37-30-32(42)39(28-12-11-22(18-34)17-29(28)44-33(30)13-15-43-16-14-33)20-25-24-8-4-6-10-27(24)40(38-25)26-9-5-3-7-23(26)19-35/h3-12,17,21,30,36H,13-16,20H2,1-2H3,(H,37,41). The number of rotatable bonds is 6. The number of carbonyl (C=O) groups is 2. The van der Waals surface area contributed by atoms with Crippen LogP contribution in [0.25, 0.3) is 16.6 Å². The first-order chi connectivity index (χ1) is 21.4. The maximum atomic E-state index is 14.7. The molecule has 3 aromatic carbocycles. The van der Waals surface area contributed by atoms with Crippen LogP contribution >= 0.6 is 0 Å². The van der Waals surface area contributed by atoms with Gasteiger partial charge in [0.1, 0.15) is 23.5 Å². The van der Waals surface area contributed by atoms with E-state index >= 15 is 0 Å². The minimum Gasteiger partial charge on any atom is -0.482 e. The summed E-state index contributed by atoms with van der Waals surface area (Å²) in [5.74, 6) is -0.328. The Morgan fingerprint density at radius 3 is 2.57 bits per heavy atom. The summed E-state index contributed by atoms with van der Waals surface area (Å²) in [6.45, 7) is 2.46. The van der Waals surface area contributed by atoms with E-state index in [2.05, 4.69) is 22.8 Å². The van der Waals surface area contributed by atoms with Crippen LogP contribution in [0.2, 0.25) is 0 Å². The number of benzene rings is 3. The fraction of sp³-hybridized carbons (Fsp3) is 0.303. The Morgan fingerprint density at radius 2 is 1.82 bits per heavy atom. The van der Waals surface area contributed by atoms with Crippen LogP contribution in [-0.2, 0) is 20.9 Å². The molecular weight excluding hydrogens is 558 g/mol. The molecule has 11 nitrogen and oxygen atoms in total. The smallest absolute Gasteiger partial charge is 0.254 e. The van der Waals surface area contributed by atoms with Gasteiger partial charge < -0.3 is 25.0 Å². The van der Waals surface area contributed by atoms with E-state index in [1.54, 1.807) is 53.9 Å². The number of hydrogen-bond acceptors (Lipinski definition) is 8. The zero-order valence-electron chi connectivity index (χ0n) is 24.4. The largest absolute Gasteiger partial charge is 0.482 e. The summed E-state index contributed by atoms with van der Waals surface area (Å²) < 4.78 is 14.1. The van der Waals surface area contributed by atoms with Crippen LogP contribution in [0.3, 0.4) is 0 Å². The van der Waals surface area contributed by atoms with Crippen molar-refractivity contribution < 1.29 is 19.1 Å². The van der Waals surface area contributed by atoms with E-state index < -0.39 is 17.7 Å². The lowest BCUT2D eigenvalue weighted by atomic mass is 9.84. The highest BCUT2D eigenvalue weighted by molar-refractivity contribution is 6.03. The monoisotopic (exact) mass is 589 g/mol. The molecule has 0 saturated carbocycles. The van der Waals surface area contributed by atoms with Crippen LogP contribution < -0.4 is 20.3 Å². The zero-order chi connectivity index (χ0) is 30.8. The number of hydrogen-bond donors (Lipinski definition) is 2. The Morgan fingerprint density at radius 1 is 1.07 bits per heavy atom. The quantitative estimate of drug-likeness (QED) is 0.348. The van der Waals surface area contributed by atoms with Crippen molar-refractivity contribution in [2.24, 2.45) is 0 Å². The number of nitrogens with one attached hydrogen (secondary N) is 2. The number of carbonyl (C=O) groups excluding carboxylic acids is 2. The molecule has 2 unspecified atom stereocenters. The van der Waals surface area contributed by atoms with Gasteiger partial charge in [0, 0.05) is 24.3 Å². The number of amides is 2. The van der Waals surface area contributed by atoms with Gasteiger partial charge in [-0.3, -0.25) is 9.59 Å². The molecule has 1 aromatic heterocycles. The van der Waals surface area contributed by atoms with Gasteiger partial charge in [-0.2, -0.15) is 15.6 Å². The molecule has 2 amide bonds. The number of ether oxygens (including phenoxy) is 2. The molecule has 2 aliphatic heterocycles. The molecule has 0 aliphatic carbocycles. The third-order valence-corrected chi connectivity index (χ3v) is 8.41. The van der Waals surface area contributed by atoms with E-state index in [1.807, 2.05) is 36.4 Å². The lowest BCUT2D eigenvalue weighted by Gasteiger charge is -2.41. The molecule has 2 N–H and O–H groups in total. The molecular formula is C33H31N7O4. The predicted octanol–water partition coefficient (Wildman–Crippen LogP) is 3.34. The molecule has 222 valence electrons. The van der Waals surface area contributed by atoms with Crippen LogP contribution in [0.15, 0.2) is 66.7 Å². The molecule has 3 heterocycles. The molecule has 1 fully saturated rings. The van der Waals surface area contributed by atoms with Gasteiger partial charge in [0.2, 0.25) is 5.91 Å². The first-order valence-electron chi connectivity index (χ1n) is 14.4. The number of aromatic nitrogens is 2. The summed E-state index contributed by atoms with van der Waals surface area (Å²) in [6.07, 6.45) is 0.731. The molecule has 1 spiro atoms. The molecule has 0 bridgehead atoms. The lowest BCUT2D eigenvalue weighted by molar-refractivity contribution is -0.138. The summed E-state index contributed by atoms with van der Waals surface area (Å²) in [5, 5.41) is 31.1. The zero-order valence-corrected chi connectivity index (χ0v) is 24.4. The molecule has 2 aliphatic rings. The van der Waals surface area contributed by atoms with E-state index in [-0.39, 0.29) is 18.4 Å². The molecule has 11 heteroatoms. The molecule has 1 saturated heterocycles. The Kier molecular flexibility index (Phi) is 7.75. The number of para-hydroxylation sites is 2. The van der Waals surface area contributed by atoms with Crippen LogP contribution in [0.5, 0.6) is 5.75 Å². The maximum absolute atomic E-state index is 14.7. The van der Waals surface area contributed by atoms with Crippen molar-refractivity contribution >= 4 is 28.4 Å². The second-order valence-corrected chi connectivity index (χ2v) is 11.0. The van der Waals surface area contributed by atoms with Crippen molar-refractivity contribution in [3.05, 3.63) is 83.6 Å². The molecule has 4 aromatic rings. The van der Waals surface area contributed by atoms with Crippen LogP contribution in [0.4, 0.5) is 5.69 Å². The van der Waals surface area contributed by atoms with Gasteiger partial charge in [-0.05, 0) is 44.3 Å². The highest BCUT2D eigenvalue weighted by Gasteiger charge is 2.52. The van der Waals surface area contributed by atoms with Crippen molar-refractivity contribution in [2.75, 3.05) is 25.2 Å². The number of nitriles is 2. The Hall–Kier alpha value is -5.23. The topological polar surface area (TPSA) is 145 Å². The third-order valence-electron chi connectivity index (χ3n) is 8.41. The van der Waals surface area contributed by atoms with Gasteiger partial charge in [-0.25, -0.2) is 4.68 Å². The highest BCUT2D eigenvalue weighted by Crippen LogP contribution is 2.42. The first kappa shape index (κ1) is 28.9. The first-order valence-corrected chi connectivity index (χ1v) is 14.4. The van der Waals surface area contributed by atoms with E-state index in [0.29, 0.717) is 60.0 Å². The Balaban J connectivity index is 1.50. The van der Waals surface area contributed by atoms with E-state index in [0.717, 1.165) is 10.9 Å².